The van der Waals surface area contributed by atoms with Gasteiger partial charge in [-0.3, -0.25) is 0 Å². The van der Waals surface area contributed by atoms with Gasteiger partial charge in [-0.05, 0) is 30.5 Å². The Morgan fingerprint density at radius 2 is 1.62 bits per heavy atom. The van der Waals surface area contributed by atoms with Crippen LogP contribution >= 0.6 is 0 Å². The molecule has 1 heteroatoms. The van der Waals surface area contributed by atoms with E-state index < -0.39 is 0 Å². The fourth-order valence-electron chi connectivity index (χ4n) is 1.86. The SMILES string of the molecule is CCc1ccc(CCCc2ccccc2)o1. The normalized spacial score (nSPS) is 10.6. The molecular formula is C15H18O. The van der Waals surface area contributed by atoms with Crippen molar-refractivity contribution in [1.82, 2.24) is 0 Å². The van der Waals surface area contributed by atoms with Gasteiger partial charge in [-0.2, -0.15) is 0 Å². The topological polar surface area (TPSA) is 13.1 Å². The highest BCUT2D eigenvalue weighted by atomic mass is 16.3. The number of rotatable bonds is 5. The molecule has 0 unspecified atom stereocenters. The second-order valence-electron chi connectivity index (χ2n) is 4.06. The number of aryl methyl sites for hydroxylation is 3. The van der Waals surface area contributed by atoms with Crippen LogP contribution in [0, 0.1) is 0 Å². The summed E-state index contributed by atoms with van der Waals surface area (Å²) in [6, 6.07) is 14.8. The molecule has 0 amide bonds. The molecule has 84 valence electrons. The zero-order valence-corrected chi connectivity index (χ0v) is 9.78. The Morgan fingerprint density at radius 3 is 2.31 bits per heavy atom. The number of benzene rings is 1. The predicted molar refractivity (Wildman–Crippen MR) is 66.6 cm³/mol. The van der Waals surface area contributed by atoms with E-state index in [1.165, 1.54) is 5.56 Å². The van der Waals surface area contributed by atoms with E-state index in [0.717, 1.165) is 37.2 Å². The Labute approximate surface area is 97.1 Å². The van der Waals surface area contributed by atoms with Gasteiger partial charge in [0, 0.05) is 12.8 Å². The van der Waals surface area contributed by atoms with Crippen molar-refractivity contribution < 1.29 is 4.42 Å². The lowest BCUT2D eigenvalue weighted by Gasteiger charge is -1.99. The van der Waals surface area contributed by atoms with Gasteiger partial charge in [-0.15, -0.1) is 0 Å². The van der Waals surface area contributed by atoms with E-state index in [9.17, 15) is 0 Å². The van der Waals surface area contributed by atoms with Gasteiger partial charge in [0.25, 0.3) is 0 Å². The molecule has 0 fully saturated rings. The van der Waals surface area contributed by atoms with E-state index in [0.29, 0.717) is 0 Å². The van der Waals surface area contributed by atoms with E-state index >= 15 is 0 Å². The van der Waals surface area contributed by atoms with Gasteiger partial charge < -0.3 is 4.42 Å². The van der Waals surface area contributed by atoms with E-state index in [-0.39, 0.29) is 0 Å². The molecular weight excluding hydrogens is 196 g/mol. The minimum Gasteiger partial charge on any atom is -0.466 e. The molecule has 0 bridgehead atoms. The van der Waals surface area contributed by atoms with Gasteiger partial charge in [0.15, 0.2) is 0 Å². The molecule has 2 aromatic rings. The van der Waals surface area contributed by atoms with Gasteiger partial charge in [0.05, 0.1) is 0 Å². The first kappa shape index (κ1) is 11.0. The lowest BCUT2D eigenvalue weighted by Crippen LogP contribution is -1.88. The van der Waals surface area contributed by atoms with E-state index in [2.05, 4.69) is 49.4 Å². The summed E-state index contributed by atoms with van der Waals surface area (Å²) in [5, 5.41) is 0. The molecule has 1 heterocycles. The molecule has 0 aliphatic heterocycles. The highest BCUT2D eigenvalue weighted by Crippen LogP contribution is 2.12. The molecule has 0 aliphatic rings. The number of hydrogen-bond donors (Lipinski definition) is 0. The van der Waals surface area contributed by atoms with E-state index in [4.69, 9.17) is 4.42 Å². The van der Waals surface area contributed by atoms with Crippen LogP contribution in [-0.4, -0.2) is 0 Å². The summed E-state index contributed by atoms with van der Waals surface area (Å²) < 4.78 is 5.67. The highest BCUT2D eigenvalue weighted by molar-refractivity contribution is 5.15. The monoisotopic (exact) mass is 214 g/mol. The molecule has 2 rings (SSSR count). The second kappa shape index (κ2) is 5.55. The van der Waals surface area contributed by atoms with Gasteiger partial charge in [-0.1, -0.05) is 37.3 Å². The Hall–Kier alpha value is -1.50. The lowest BCUT2D eigenvalue weighted by molar-refractivity contribution is 0.464. The summed E-state index contributed by atoms with van der Waals surface area (Å²) in [7, 11) is 0. The predicted octanol–water partition coefficient (Wildman–Crippen LogP) is 4.02. The molecule has 0 saturated carbocycles. The van der Waals surface area contributed by atoms with Crippen molar-refractivity contribution in [3.63, 3.8) is 0 Å². The van der Waals surface area contributed by atoms with Gasteiger partial charge >= 0.3 is 0 Å². The minimum atomic E-state index is 0.985. The molecule has 0 radical (unpaired) electrons. The first-order valence-electron chi connectivity index (χ1n) is 6.00. The summed E-state index contributed by atoms with van der Waals surface area (Å²) in [6.07, 6.45) is 4.30. The quantitative estimate of drug-likeness (QED) is 0.732. The van der Waals surface area contributed by atoms with Crippen molar-refractivity contribution in [3.05, 3.63) is 59.5 Å². The third-order valence-electron chi connectivity index (χ3n) is 2.80. The van der Waals surface area contributed by atoms with Gasteiger partial charge in [0.2, 0.25) is 0 Å². The van der Waals surface area contributed by atoms with Crippen molar-refractivity contribution in [1.29, 1.82) is 0 Å². The van der Waals surface area contributed by atoms with Crippen LogP contribution in [0.5, 0.6) is 0 Å². The molecule has 0 aliphatic carbocycles. The maximum atomic E-state index is 5.67. The Kier molecular flexibility index (Phi) is 3.81. The van der Waals surface area contributed by atoms with Crippen LogP contribution in [0.15, 0.2) is 46.9 Å². The maximum absolute atomic E-state index is 5.67. The Morgan fingerprint density at radius 1 is 0.875 bits per heavy atom. The number of furan rings is 1. The van der Waals surface area contributed by atoms with Crippen molar-refractivity contribution in [2.75, 3.05) is 0 Å². The summed E-state index contributed by atoms with van der Waals surface area (Å²) in [4.78, 5) is 0. The molecule has 0 saturated heterocycles. The van der Waals surface area contributed by atoms with Crippen LogP contribution < -0.4 is 0 Å². The fourth-order valence-corrected chi connectivity index (χ4v) is 1.86. The Bertz CT molecular complexity index is 414. The third kappa shape index (κ3) is 2.99. The Balaban J connectivity index is 1.80. The average Bonchev–Trinajstić information content (AvgIpc) is 2.78. The standard InChI is InChI=1S/C15H18O/c1-2-14-11-12-15(16-14)10-6-9-13-7-4-3-5-8-13/h3-5,7-8,11-12H,2,6,9-10H2,1H3. The zero-order valence-electron chi connectivity index (χ0n) is 9.78. The molecule has 1 aromatic carbocycles. The van der Waals surface area contributed by atoms with Crippen LogP contribution in [0.4, 0.5) is 0 Å². The third-order valence-corrected chi connectivity index (χ3v) is 2.80. The van der Waals surface area contributed by atoms with Gasteiger partial charge in [-0.25, -0.2) is 0 Å². The van der Waals surface area contributed by atoms with Gasteiger partial charge in [0.1, 0.15) is 11.5 Å². The van der Waals surface area contributed by atoms with Crippen LogP contribution in [0.25, 0.3) is 0 Å². The van der Waals surface area contributed by atoms with Crippen LogP contribution in [0.1, 0.15) is 30.4 Å². The summed E-state index contributed by atoms with van der Waals surface area (Å²) in [5.41, 5.74) is 1.41. The summed E-state index contributed by atoms with van der Waals surface area (Å²) in [6.45, 7) is 2.12. The van der Waals surface area contributed by atoms with Crippen LogP contribution in [0.2, 0.25) is 0 Å². The largest absolute Gasteiger partial charge is 0.466 e. The second-order valence-corrected chi connectivity index (χ2v) is 4.06. The minimum absolute atomic E-state index is 0.985. The molecule has 1 nitrogen and oxygen atoms in total. The molecule has 0 atom stereocenters. The molecule has 1 aromatic heterocycles. The van der Waals surface area contributed by atoms with Crippen LogP contribution in [0.3, 0.4) is 0 Å². The lowest BCUT2D eigenvalue weighted by atomic mass is 10.1. The van der Waals surface area contributed by atoms with Crippen molar-refractivity contribution in [3.8, 4) is 0 Å². The summed E-state index contributed by atoms with van der Waals surface area (Å²) in [5.74, 6) is 2.21. The maximum Gasteiger partial charge on any atom is 0.104 e. The molecule has 16 heavy (non-hydrogen) atoms. The molecule has 0 N–H and O–H groups in total. The van der Waals surface area contributed by atoms with E-state index in [1.807, 2.05) is 0 Å². The van der Waals surface area contributed by atoms with Crippen molar-refractivity contribution in [2.45, 2.75) is 32.6 Å². The zero-order chi connectivity index (χ0) is 11.2. The fraction of sp³-hybridized carbons (Fsp3) is 0.333. The first-order chi connectivity index (χ1) is 7.88. The highest BCUT2D eigenvalue weighted by Gasteiger charge is 2.00. The van der Waals surface area contributed by atoms with Crippen molar-refractivity contribution in [2.24, 2.45) is 0 Å². The van der Waals surface area contributed by atoms with E-state index in [1.54, 1.807) is 0 Å². The van der Waals surface area contributed by atoms with Crippen molar-refractivity contribution >= 4 is 0 Å². The summed E-state index contributed by atoms with van der Waals surface area (Å²) >= 11 is 0. The molecule has 0 spiro atoms. The average molecular weight is 214 g/mol. The number of hydrogen-bond acceptors (Lipinski definition) is 1. The first-order valence-corrected chi connectivity index (χ1v) is 6.00. The van der Waals surface area contributed by atoms with Crippen LogP contribution in [-0.2, 0) is 19.3 Å². The smallest absolute Gasteiger partial charge is 0.104 e.